The van der Waals surface area contributed by atoms with Crippen LogP contribution in [0.3, 0.4) is 0 Å². The van der Waals surface area contributed by atoms with Crippen LogP contribution in [0, 0.1) is 6.92 Å². The second kappa shape index (κ2) is 7.22. The number of nitrogens with zero attached hydrogens (tertiary/aromatic N) is 2. The van der Waals surface area contributed by atoms with Crippen LogP contribution in [0.5, 0.6) is 0 Å². The molecule has 1 fully saturated rings. The van der Waals surface area contributed by atoms with E-state index in [9.17, 15) is 4.79 Å². The molecule has 1 aliphatic rings. The summed E-state index contributed by atoms with van der Waals surface area (Å²) in [6, 6.07) is 3.80. The second-order valence-corrected chi connectivity index (χ2v) is 5.24. The molecule has 3 rings (SSSR count). The Balaban J connectivity index is 0.000000497. The molecule has 0 saturated carbocycles. The minimum atomic E-state index is -0.0785. The van der Waals surface area contributed by atoms with Crippen molar-refractivity contribution in [2.75, 3.05) is 31.2 Å². The Morgan fingerprint density at radius 3 is 2.62 bits per heavy atom. The summed E-state index contributed by atoms with van der Waals surface area (Å²) in [5.74, 6) is 0.826. The van der Waals surface area contributed by atoms with Gasteiger partial charge in [0.1, 0.15) is 5.82 Å². The van der Waals surface area contributed by atoms with Crippen molar-refractivity contribution in [2.45, 2.75) is 27.2 Å². The van der Waals surface area contributed by atoms with E-state index in [0.29, 0.717) is 18.6 Å². The first-order valence-electron chi connectivity index (χ1n) is 7.48. The highest BCUT2D eigenvalue weighted by atomic mass is 16.5. The van der Waals surface area contributed by atoms with Gasteiger partial charge in [-0.05, 0) is 18.6 Å². The van der Waals surface area contributed by atoms with Gasteiger partial charge in [0.15, 0.2) is 0 Å². The maximum absolute atomic E-state index is 12.0. The Morgan fingerprint density at radius 1 is 1.29 bits per heavy atom. The van der Waals surface area contributed by atoms with Crippen molar-refractivity contribution in [3.05, 3.63) is 34.2 Å². The van der Waals surface area contributed by atoms with Crippen molar-refractivity contribution in [2.24, 2.45) is 0 Å². The Bertz CT molecular complexity index is 646. The van der Waals surface area contributed by atoms with Gasteiger partial charge in [0.2, 0.25) is 0 Å². The molecule has 1 saturated heterocycles. The number of ether oxygens (including phenoxy) is 1. The third-order valence-corrected chi connectivity index (χ3v) is 3.17. The second-order valence-electron chi connectivity index (χ2n) is 5.24. The largest absolute Gasteiger partial charge is 0.378 e. The van der Waals surface area contributed by atoms with Crippen LogP contribution in [0.15, 0.2) is 23.1 Å². The number of aryl methyl sites for hydroxylation is 1. The maximum Gasteiger partial charge on any atom is 0.258 e. The van der Waals surface area contributed by atoms with Crippen LogP contribution in [0.2, 0.25) is 0 Å². The molecular weight excluding hydrogens is 266 g/mol. The van der Waals surface area contributed by atoms with Crippen LogP contribution in [-0.4, -0.2) is 36.3 Å². The van der Waals surface area contributed by atoms with E-state index in [0.717, 1.165) is 30.0 Å². The van der Waals surface area contributed by atoms with Gasteiger partial charge >= 0.3 is 0 Å². The van der Waals surface area contributed by atoms with Crippen LogP contribution in [-0.2, 0) is 4.74 Å². The SMILES string of the molecule is CCC.Cc1cnc2cc(N3CCOCC3)[nH]c(=O)c2c1. The van der Waals surface area contributed by atoms with Crippen molar-refractivity contribution < 1.29 is 4.74 Å². The predicted octanol–water partition coefficient (Wildman–Crippen LogP) is 2.48. The Hall–Kier alpha value is -1.88. The first-order valence-corrected chi connectivity index (χ1v) is 7.48. The number of morpholine rings is 1. The predicted molar refractivity (Wildman–Crippen MR) is 86.1 cm³/mol. The molecule has 0 radical (unpaired) electrons. The lowest BCUT2D eigenvalue weighted by Crippen LogP contribution is -2.37. The van der Waals surface area contributed by atoms with E-state index in [4.69, 9.17) is 4.74 Å². The highest BCUT2D eigenvalue weighted by Gasteiger charge is 2.13. The topological polar surface area (TPSA) is 58.2 Å². The summed E-state index contributed by atoms with van der Waals surface area (Å²) < 4.78 is 5.31. The van der Waals surface area contributed by atoms with E-state index in [1.54, 1.807) is 6.20 Å². The van der Waals surface area contributed by atoms with Gasteiger partial charge in [-0.3, -0.25) is 9.78 Å². The molecule has 1 aliphatic heterocycles. The standard InChI is InChI=1S/C13H15N3O2.C3H8/c1-9-6-10-11(14-8-9)7-12(15-13(10)17)16-2-4-18-5-3-16;1-3-2/h6-8H,2-5H2,1H3,(H,15,17);3H2,1-2H3. The van der Waals surface area contributed by atoms with Crippen LogP contribution in [0.25, 0.3) is 10.9 Å². The fraction of sp³-hybridized carbons (Fsp3) is 0.500. The number of H-pyrrole nitrogens is 1. The molecule has 0 atom stereocenters. The van der Waals surface area contributed by atoms with Gasteiger partial charge in [0.25, 0.3) is 5.56 Å². The van der Waals surface area contributed by atoms with E-state index in [1.807, 2.05) is 19.1 Å². The van der Waals surface area contributed by atoms with Crippen molar-refractivity contribution in [1.29, 1.82) is 0 Å². The van der Waals surface area contributed by atoms with Gasteiger partial charge in [-0.15, -0.1) is 0 Å². The highest BCUT2D eigenvalue weighted by Crippen LogP contribution is 2.16. The van der Waals surface area contributed by atoms with Crippen molar-refractivity contribution >= 4 is 16.7 Å². The summed E-state index contributed by atoms with van der Waals surface area (Å²) in [6.07, 6.45) is 3.03. The lowest BCUT2D eigenvalue weighted by atomic mass is 10.2. The normalized spacial score (nSPS) is 14.7. The summed E-state index contributed by atoms with van der Waals surface area (Å²) in [7, 11) is 0. The number of aromatic nitrogens is 2. The summed E-state index contributed by atoms with van der Waals surface area (Å²) in [5.41, 5.74) is 1.66. The van der Waals surface area contributed by atoms with Crippen LogP contribution in [0.1, 0.15) is 25.8 Å². The van der Waals surface area contributed by atoms with Crippen LogP contribution in [0.4, 0.5) is 5.82 Å². The third-order valence-electron chi connectivity index (χ3n) is 3.17. The zero-order valence-corrected chi connectivity index (χ0v) is 13.0. The van der Waals surface area contributed by atoms with E-state index >= 15 is 0 Å². The van der Waals surface area contributed by atoms with E-state index < -0.39 is 0 Å². The van der Waals surface area contributed by atoms with E-state index in [-0.39, 0.29) is 5.56 Å². The Morgan fingerprint density at radius 2 is 1.95 bits per heavy atom. The number of aromatic amines is 1. The average molecular weight is 289 g/mol. The molecule has 0 aliphatic carbocycles. The molecule has 0 amide bonds. The lowest BCUT2D eigenvalue weighted by molar-refractivity contribution is 0.122. The summed E-state index contributed by atoms with van der Waals surface area (Å²) in [5, 5.41) is 0.645. The molecular formula is C16H23N3O2. The van der Waals surface area contributed by atoms with Crippen molar-refractivity contribution in [3.8, 4) is 0 Å². The van der Waals surface area contributed by atoms with Crippen molar-refractivity contribution in [1.82, 2.24) is 9.97 Å². The number of hydrogen-bond acceptors (Lipinski definition) is 4. The molecule has 5 nitrogen and oxygen atoms in total. The van der Waals surface area contributed by atoms with Crippen LogP contribution < -0.4 is 10.5 Å². The maximum atomic E-state index is 12.0. The number of hydrogen-bond donors (Lipinski definition) is 1. The summed E-state index contributed by atoms with van der Waals surface area (Å²) in [6.45, 7) is 9.17. The number of fused-ring (bicyclic) bond motifs is 1. The zero-order valence-electron chi connectivity index (χ0n) is 13.0. The van der Waals surface area contributed by atoms with E-state index in [2.05, 4.69) is 28.7 Å². The molecule has 5 heteroatoms. The fourth-order valence-electron chi connectivity index (χ4n) is 2.20. The average Bonchev–Trinajstić information content (AvgIpc) is 2.49. The smallest absolute Gasteiger partial charge is 0.258 e. The molecule has 0 bridgehead atoms. The first kappa shape index (κ1) is 15.5. The van der Waals surface area contributed by atoms with Gasteiger partial charge < -0.3 is 14.6 Å². The molecule has 1 N–H and O–H groups in total. The van der Waals surface area contributed by atoms with Gasteiger partial charge in [-0.25, -0.2) is 0 Å². The molecule has 0 spiro atoms. The zero-order chi connectivity index (χ0) is 15.2. The molecule has 114 valence electrons. The fourth-order valence-corrected chi connectivity index (χ4v) is 2.20. The minimum absolute atomic E-state index is 0.0785. The molecule has 2 aromatic heterocycles. The number of pyridine rings is 2. The monoisotopic (exact) mass is 289 g/mol. The number of nitrogens with one attached hydrogen (secondary N) is 1. The minimum Gasteiger partial charge on any atom is -0.378 e. The van der Waals surface area contributed by atoms with Gasteiger partial charge in [0.05, 0.1) is 24.1 Å². The van der Waals surface area contributed by atoms with Crippen LogP contribution >= 0.6 is 0 Å². The van der Waals surface area contributed by atoms with Gasteiger partial charge in [-0.2, -0.15) is 0 Å². The molecule has 0 aromatic carbocycles. The Labute approximate surface area is 125 Å². The number of rotatable bonds is 1. The highest BCUT2D eigenvalue weighted by molar-refractivity contribution is 5.80. The molecule has 3 heterocycles. The molecule has 21 heavy (non-hydrogen) atoms. The van der Waals surface area contributed by atoms with E-state index in [1.165, 1.54) is 6.42 Å². The Kier molecular flexibility index (Phi) is 5.33. The van der Waals surface area contributed by atoms with Gasteiger partial charge in [0, 0.05) is 25.4 Å². The molecule has 2 aromatic rings. The quantitative estimate of drug-likeness (QED) is 0.876. The first-order chi connectivity index (χ1) is 10.2. The van der Waals surface area contributed by atoms with Crippen molar-refractivity contribution in [3.63, 3.8) is 0 Å². The molecule has 0 unspecified atom stereocenters. The van der Waals surface area contributed by atoms with Gasteiger partial charge in [-0.1, -0.05) is 20.3 Å². The lowest BCUT2D eigenvalue weighted by Gasteiger charge is -2.28. The summed E-state index contributed by atoms with van der Waals surface area (Å²) >= 11 is 0. The third kappa shape index (κ3) is 3.82. The summed E-state index contributed by atoms with van der Waals surface area (Å²) in [4.78, 5) is 21.4. The number of anilines is 1.